The standard InChI is InChI=1S/C18H21N3O5S.C2H2O4/c1-26-17-5-7-18(8-6-17)27(24,25)20-11-9-19(10-12-20)14-15-3-2-4-16(13-15)21(22)23;3-1(4)2(5)6/h2-8,13H,9-12,14H2,1H3;(H,3,4)(H,5,6). The molecule has 0 unspecified atom stereocenters. The van der Waals surface area contributed by atoms with Crippen LogP contribution in [0, 0.1) is 10.1 Å². The number of ether oxygens (including phenoxy) is 1. The molecule has 0 aliphatic carbocycles. The maximum Gasteiger partial charge on any atom is 0.414 e. The number of sulfonamides is 1. The Morgan fingerprint density at radius 2 is 1.61 bits per heavy atom. The highest BCUT2D eigenvalue weighted by Gasteiger charge is 2.28. The zero-order valence-corrected chi connectivity index (χ0v) is 18.5. The first-order valence-corrected chi connectivity index (χ1v) is 11.0. The van der Waals surface area contributed by atoms with E-state index in [0.717, 1.165) is 5.56 Å². The van der Waals surface area contributed by atoms with E-state index >= 15 is 0 Å². The predicted octanol–water partition coefficient (Wildman–Crippen LogP) is 1.27. The van der Waals surface area contributed by atoms with Crippen LogP contribution in [0.25, 0.3) is 0 Å². The number of methoxy groups -OCH3 is 1. The van der Waals surface area contributed by atoms with E-state index in [9.17, 15) is 18.5 Å². The van der Waals surface area contributed by atoms with Crippen LogP contribution in [-0.4, -0.2) is 78.0 Å². The average molecular weight is 481 g/mol. The highest BCUT2D eigenvalue weighted by atomic mass is 32.2. The van der Waals surface area contributed by atoms with Gasteiger partial charge in [0.1, 0.15) is 5.75 Å². The molecule has 2 aromatic carbocycles. The van der Waals surface area contributed by atoms with Crippen molar-refractivity contribution in [3.05, 3.63) is 64.2 Å². The summed E-state index contributed by atoms with van der Waals surface area (Å²) in [6, 6.07) is 12.9. The summed E-state index contributed by atoms with van der Waals surface area (Å²) in [5, 5.41) is 25.7. The number of nitro groups is 1. The summed E-state index contributed by atoms with van der Waals surface area (Å²) >= 11 is 0. The first-order chi connectivity index (χ1) is 15.5. The lowest BCUT2D eigenvalue weighted by Crippen LogP contribution is -2.48. The fraction of sp³-hybridized carbons (Fsp3) is 0.300. The maximum atomic E-state index is 12.8. The molecule has 178 valence electrons. The van der Waals surface area contributed by atoms with Crippen molar-refractivity contribution >= 4 is 27.6 Å². The Labute approximate surface area is 189 Å². The van der Waals surface area contributed by atoms with Crippen molar-refractivity contribution in [2.75, 3.05) is 33.3 Å². The zero-order valence-electron chi connectivity index (χ0n) is 17.7. The molecule has 1 heterocycles. The Morgan fingerprint density at radius 1 is 1.03 bits per heavy atom. The van der Waals surface area contributed by atoms with Gasteiger partial charge in [0.2, 0.25) is 10.0 Å². The topological polar surface area (TPSA) is 168 Å². The van der Waals surface area contributed by atoms with Gasteiger partial charge in [-0.15, -0.1) is 0 Å². The monoisotopic (exact) mass is 481 g/mol. The van der Waals surface area contributed by atoms with Crippen molar-refractivity contribution < 1.29 is 37.9 Å². The van der Waals surface area contributed by atoms with Crippen molar-refractivity contribution in [1.29, 1.82) is 0 Å². The second-order valence-corrected chi connectivity index (χ2v) is 8.83. The number of nitro benzene ring substituents is 1. The number of hydrogen-bond acceptors (Lipinski definition) is 8. The van der Waals surface area contributed by atoms with Crippen LogP contribution in [-0.2, 0) is 26.2 Å². The third kappa shape index (κ3) is 7.24. The van der Waals surface area contributed by atoms with Crippen LogP contribution in [0.1, 0.15) is 5.56 Å². The van der Waals surface area contributed by atoms with Crippen LogP contribution in [0.4, 0.5) is 5.69 Å². The molecular weight excluding hydrogens is 458 g/mol. The molecule has 0 saturated carbocycles. The molecule has 0 spiro atoms. The van der Waals surface area contributed by atoms with Gasteiger partial charge in [-0.3, -0.25) is 15.0 Å². The molecule has 33 heavy (non-hydrogen) atoms. The number of carboxylic acid groups (broad SMARTS) is 2. The number of nitrogens with zero attached hydrogens (tertiary/aromatic N) is 3. The first kappa shape index (κ1) is 25.7. The van der Waals surface area contributed by atoms with Crippen LogP contribution in [0.3, 0.4) is 0 Å². The molecule has 1 aliphatic rings. The maximum absolute atomic E-state index is 12.8. The molecule has 0 amide bonds. The summed E-state index contributed by atoms with van der Waals surface area (Å²) in [6.45, 7) is 2.45. The van der Waals surface area contributed by atoms with Crippen molar-refractivity contribution in [2.24, 2.45) is 0 Å². The second-order valence-electron chi connectivity index (χ2n) is 6.89. The van der Waals surface area contributed by atoms with E-state index in [1.165, 1.54) is 17.5 Å². The lowest BCUT2D eigenvalue weighted by atomic mass is 10.2. The van der Waals surface area contributed by atoms with E-state index in [1.54, 1.807) is 36.4 Å². The molecule has 12 nitrogen and oxygen atoms in total. The van der Waals surface area contributed by atoms with Crippen molar-refractivity contribution in [1.82, 2.24) is 9.21 Å². The van der Waals surface area contributed by atoms with Gasteiger partial charge in [-0.05, 0) is 29.8 Å². The summed E-state index contributed by atoms with van der Waals surface area (Å²) in [6.07, 6.45) is 0. The van der Waals surface area contributed by atoms with Gasteiger partial charge in [0.25, 0.3) is 5.69 Å². The summed E-state index contributed by atoms with van der Waals surface area (Å²) in [4.78, 5) is 31.0. The lowest BCUT2D eigenvalue weighted by Gasteiger charge is -2.34. The summed E-state index contributed by atoms with van der Waals surface area (Å²) in [5.41, 5.74) is 0.906. The number of benzene rings is 2. The van der Waals surface area contributed by atoms with Gasteiger partial charge >= 0.3 is 11.9 Å². The molecule has 3 rings (SSSR count). The SMILES string of the molecule is COc1ccc(S(=O)(=O)N2CCN(Cc3cccc([N+](=O)[O-])c3)CC2)cc1.O=C(O)C(=O)O. The molecular formula is C20H23N3O9S. The normalized spacial score (nSPS) is 14.6. The van der Waals surface area contributed by atoms with Gasteiger partial charge in [0, 0.05) is 44.9 Å². The molecule has 2 aromatic rings. The third-order valence-corrected chi connectivity index (χ3v) is 6.65. The number of hydrogen-bond donors (Lipinski definition) is 2. The quantitative estimate of drug-likeness (QED) is 0.348. The van der Waals surface area contributed by atoms with Crippen LogP contribution in [0.5, 0.6) is 5.75 Å². The van der Waals surface area contributed by atoms with Crippen molar-refractivity contribution in [3.8, 4) is 5.75 Å². The molecule has 1 aliphatic heterocycles. The average Bonchev–Trinajstić information content (AvgIpc) is 2.80. The zero-order chi connectivity index (χ0) is 24.6. The second kappa shape index (κ2) is 11.4. The molecule has 0 radical (unpaired) electrons. The summed E-state index contributed by atoms with van der Waals surface area (Å²) in [7, 11) is -2.01. The van der Waals surface area contributed by atoms with Crippen molar-refractivity contribution in [3.63, 3.8) is 0 Å². The van der Waals surface area contributed by atoms with E-state index in [2.05, 4.69) is 4.90 Å². The number of carboxylic acids is 2. The number of piperazine rings is 1. The Bertz CT molecular complexity index is 1080. The predicted molar refractivity (Wildman–Crippen MR) is 115 cm³/mol. The van der Waals surface area contributed by atoms with E-state index in [1.807, 2.05) is 6.07 Å². The molecule has 1 saturated heterocycles. The molecule has 0 aromatic heterocycles. The highest BCUT2D eigenvalue weighted by molar-refractivity contribution is 7.89. The van der Waals surface area contributed by atoms with Crippen molar-refractivity contribution in [2.45, 2.75) is 11.4 Å². The number of aliphatic carboxylic acids is 2. The minimum atomic E-state index is -3.54. The van der Waals surface area contributed by atoms with Gasteiger partial charge in [0.15, 0.2) is 0 Å². The molecule has 13 heteroatoms. The van der Waals surface area contributed by atoms with E-state index in [-0.39, 0.29) is 10.6 Å². The minimum Gasteiger partial charge on any atom is -0.497 e. The highest BCUT2D eigenvalue weighted by Crippen LogP contribution is 2.21. The van der Waals surface area contributed by atoms with Crippen LogP contribution < -0.4 is 4.74 Å². The first-order valence-electron chi connectivity index (χ1n) is 9.60. The Balaban J connectivity index is 0.000000569. The largest absolute Gasteiger partial charge is 0.497 e. The van der Waals surface area contributed by atoms with Gasteiger partial charge in [-0.1, -0.05) is 12.1 Å². The van der Waals surface area contributed by atoms with Gasteiger partial charge in [-0.2, -0.15) is 4.31 Å². The van der Waals surface area contributed by atoms with Crippen LogP contribution in [0.15, 0.2) is 53.4 Å². The smallest absolute Gasteiger partial charge is 0.414 e. The van der Waals surface area contributed by atoms with Gasteiger partial charge < -0.3 is 14.9 Å². The minimum absolute atomic E-state index is 0.0632. The fourth-order valence-electron chi connectivity index (χ4n) is 3.05. The van der Waals surface area contributed by atoms with E-state index in [4.69, 9.17) is 24.5 Å². The number of carbonyl (C=O) groups is 2. The number of non-ortho nitro benzene ring substituents is 1. The Morgan fingerprint density at radius 3 is 2.09 bits per heavy atom. The van der Waals surface area contributed by atoms with Crippen LogP contribution in [0.2, 0.25) is 0 Å². The summed E-state index contributed by atoms with van der Waals surface area (Å²) in [5.74, 6) is -3.04. The fourth-order valence-corrected chi connectivity index (χ4v) is 4.47. The van der Waals surface area contributed by atoms with Gasteiger partial charge in [0.05, 0.1) is 16.9 Å². The van der Waals surface area contributed by atoms with Gasteiger partial charge in [-0.25, -0.2) is 18.0 Å². The Hall–Kier alpha value is -3.55. The lowest BCUT2D eigenvalue weighted by molar-refractivity contribution is -0.384. The third-order valence-electron chi connectivity index (χ3n) is 4.74. The Kier molecular flexibility index (Phi) is 8.85. The molecule has 0 bridgehead atoms. The molecule has 1 fully saturated rings. The van der Waals surface area contributed by atoms with E-state index < -0.39 is 26.9 Å². The summed E-state index contributed by atoms with van der Waals surface area (Å²) < 4.78 is 32.1. The van der Waals surface area contributed by atoms with Crippen LogP contribution >= 0.6 is 0 Å². The number of rotatable bonds is 6. The molecule has 0 atom stereocenters. The molecule has 2 N–H and O–H groups in total. The van der Waals surface area contributed by atoms with E-state index in [0.29, 0.717) is 38.5 Å².